The summed E-state index contributed by atoms with van der Waals surface area (Å²) in [5.41, 5.74) is 1.46. The second-order valence-corrected chi connectivity index (χ2v) is 6.11. The largest absolute Gasteiger partial charge is 0.332 e. The van der Waals surface area contributed by atoms with Crippen molar-refractivity contribution in [3.05, 3.63) is 45.1 Å². The van der Waals surface area contributed by atoms with Crippen molar-refractivity contribution < 1.29 is 0 Å². The number of aliphatic imine (C=N–C) groups is 1. The second-order valence-electron chi connectivity index (χ2n) is 5.93. The Bertz CT molecular complexity index is 1120. The van der Waals surface area contributed by atoms with Crippen molar-refractivity contribution >= 4 is 34.2 Å². The molecule has 26 heavy (non-hydrogen) atoms. The van der Waals surface area contributed by atoms with E-state index in [0.717, 1.165) is 12.0 Å². The highest BCUT2D eigenvalue weighted by molar-refractivity contribution is 7.78. The Hall–Kier alpha value is -2.83. The third-order valence-corrected chi connectivity index (χ3v) is 4.14. The van der Waals surface area contributed by atoms with Crippen molar-refractivity contribution in [2.45, 2.75) is 39.8 Å². The lowest BCUT2D eigenvalue weighted by molar-refractivity contribution is 0.555. The van der Waals surface area contributed by atoms with Crippen LogP contribution in [-0.4, -0.2) is 24.3 Å². The summed E-state index contributed by atoms with van der Waals surface area (Å²) in [6.07, 6.45) is 1.46. The molecular weight excluding hydrogens is 350 g/mol. The number of hydrogen-bond donors (Lipinski definition) is 1. The van der Waals surface area contributed by atoms with Crippen LogP contribution in [-0.2, 0) is 13.1 Å². The minimum atomic E-state index is -0.342. The van der Waals surface area contributed by atoms with Crippen molar-refractivity contribution in [3.8, 4) is 11.4 Å². The molecule has 2 aromatic heterocycles. The monoisotopic (exact) mass is 369 g/mol. The maximum absolute atomic E-state index is 12.7. The highest BCUT2D eigenvalue weighted by atomic mass is 32.1. The average Bonchev–Trinajstić information content (AvgIpc) is 3.08. The van der Waals surface area contributed by atoms with Crippen LogP contribution in [0.2, 0.25) is 0 Å². The van der Waals surface area contributed by atoms with E-state index in [1.54, 1.807) is 16.7 Å². The Balaban J connectivity index is 2.28. The molecule has 1 N–H and O–H groups in total. The summed E-state index contributed by atoms with van der Waals surface area (Å²) in [5, 5.41) is 2.33. The van der Waals surface area contributed by atoms with Crippen LogP contribution >= 0.6 is 12.2 Å². The zero-order valence-electron chi connectivity index (χ0n) is 14.7. The Morgan fingerprint density at radius 2 is 1.92 bits per heavy atom. The molecule has 1 aromatic carbocycles. The van der Waals surface area contributed by atoms with Gasteiger partial charge in [0.25, 0.3) is 5.56 Å². The summed E-state index contributed by atoms with van der Waals surface area (Å²) in [6.45, 7) is 4.79. The molecule has 8 heteroatoms. The predicted molar refractivity (Wildman–Crippen MR) is 105 cm³/mol. The standard InChI is InChI=1S/C18H19N5O2S/c1-3-8-22-16-14(17(24)23(9-4-2)18(22)25)20-15(21-16)12-6-5-7-13(10-12)19-11-26/h5-7,10H,3-4,8-9H2,1-2H3,(H,20,21). The second kappa shape index (κ2) is 7.59. The fourth-order valence-corrected chi connectivity index (χ4v) is 3.03. The number of fused-ring (bicyclic) bond motifs is 1. The summed E-state index contributed by atoms with van der Waals surface area (Å²) < 4.78 is 2.83. The first kappa shape index (κ1) is 18.0. The minimum Gasteiger partial charge on any atom is -0.332 e. The fourth-order valence-electron chi connectivity index (χ4n) is 2.92. The van der Waals surface area contributed by atoms with Crippen LogP contribution in [0.3, 0.4) is 0 Å². The molecule has 0 aliphatic carbocycles. The zero-order chi connectivity index (χ0) is 18.7. The smallest absolute Gasteiger partial charge is 0.332 e. The molecule has 0 unspecified atom stereocenters. The van der Waals surface area contributed by atoms with E-state index in [2.05, 4.69) is 32.3 Å². The van der Waals surface area contributed by atoms with Gasteiger partial charge in [0.1, 0.15) is 11.3 Å². The van der Waals surface area contributed by atoms with Gasteiger partial charge < -0.3 is 4.98 Å². The van der Waals surface area contributed by atoms with Crippen LogP contribution in [0, 0.1) is 0 Å². The normalized spacial score (nSPS) is 10.8. The van der Waals surface area contributed by atoms with Crippen molar-refractivity contribution in [2.75, 3.05) is 0 Å². The molecule has 0 saturated carbocycles. The van der Waals surface area contributed by atoms with Crippen LogP contribution in [0.15, 0.2) is 38.8 Å². The molecule has 0 saturated heterocycles. The molecule has 3 rings (SSSR count). The summed E-state index contributed by atoms with van der Waals surface area (Å²) in [5.74, 6) is 0.511. The fraction of sp³-hybridized carbons (Fsp3) is 0.333. The number of nitrogens with one attached hydrogen (secondary N) is 1. The third-order valence-electron chi connectivity index (χ3n) is 4.05. The summed E-state index contributed by atoms with van der Waals surface area (Å²) in [6, 6.07) is 7.27. The number of imidazole rings is 1. The van der Waals surface area contributed by atoms with Crippen LogP contribution < -0.4 is 11.2 Å². The number of H-pyrrole nitrogens is 1. The van der Waals surface area contributed by atoms with E-state index in [-0.39, 0.29) is 11.2 Å². The number of nitrogens with zero attached hydrogens (tertiary/aromatic N) is 4. The van der Waals surface area contributed by atoms with Crippen molar-refractivity contribution in [1.82, 2.24) is 19.1 Å². The van der Waals surface area contributed by atoms with Crippen LogP contribution in [0.25, 0.3) is 22.6 Å². The molecule has 2 heterocycles. The van der Waals surface area contributed by atoms with Gasteiger partial charge in [0.2, 0.25) is 0 Å². The molecule has 7 nitrogen and oxygen atoms in total. The van der Waals surface area contributed by atoms with Gasteiger partial charge in [-0.2, -0.15) is 4.99 Å². The number of aromatic amines is 1. The Kier molecular flexibility index (Phi) is 5.25. The highest BCUT2D eigenvalue weighted by Crippen LogP contribution is 2.23. The van der Waals surface area contributed by atoms with Gasteiger partial charge in [-0.15, -0.1) is 0 Å². The average molecular weight is 369 g/mol. The Morgan fingerprint density at radius 3 is 2.62 bits per heavy atom. The predicted octanol–water partition coefficient (Wildman–Crippen LogP) is 3.11. The van der Waals surface area contributed by atoms with Crippen LogP contribution in [0.1, 0.15) is 26.7 Å². The molecule has 0 atom stereocenters. The first-order valence-corrected chi connectivity index (χ1v) is 8.93. The van der Waals surface area contributed by atoms with Crippen LogP contribution in [0.4, 0.5) is 5.69 Å². The quantitative estimate of drug-likeness (QED) is 0.534. The topological polar surface area (TPSA) is 85.0 Å². The summed E-state index contributed by atoms with van der Waals surface area (Å²) >= 11 is 4.64. The molecule has 134 valence electrons. The first-order chi connectivity index (χ1) is 12.6. The molecular formula is C18H19N5O2S. The maximum Gasteiger partial charge on any atom is 0.332 e. The number of hydrogen-bond acceptors (Lipinski definition) is 5. The van der Waals surface area contributed by atoms with E-state index in [4.69, 9.17) is 0 Å². The van der Waals surface area contributed by atoms with Gasteiger partial charge in [-0.3, -0.25) is 13.9 Å². The summed E-state index contributed by atoms with van der Waals surface area (Å²) in [4.78, 5) is 37.0. The maximum atomic E-state index is 12.7. The molecule has 0 fully saturated rings. The molecule has 0 spiro atoms. The molecule has 0 aliphatic heterocycles. The van der Waals surface area contributed by atoms with Gasteiger partial charge in [-0.05, 0) is 37.2 Å². The Morgan fingerprint density at radius 1 is 1.19 bits per heavy atom. The Labute approximate surface area is 155 Å². The van der Waals surface area contributed by atoms with E-state index in [9.17, 15) is 9.59 Å². The van der Waals surface area contributed by atoms with Gasteiger partial charge in [-0.1, -0.05) is 26.0 Å². The number of aryl methyl sites for hydroxylation is 1. The lowest BCUT2D eigenvalue weighted by Crippen LogP contribution is -2.40. The van der Waals surface area contributed by atoms with E-state index in [0.29, 0.717) is 42.2 Å². The van der Waals surface area contributed by atoms with E-state index < -0.39 is 0 Å². The summed E-state index contributed by atoms with van der Waals surface area (Å²) in [7, 11) is 0. The van der Waals surface area contributed by atoms with Gasteiger partial charge in [0, 0.05) is 18.7 Å². The number of isothiocyanates is 1. The van der Waals surface area contributed by atoms with Gasteiger partial charge in [0.05, 0.1) is 10.8 Å². The van der Waals surface area contributed by atoms with Gasteiger partial charge >= 0.3 is 5.69 Å². The minimum absolute atomic E-state index is 0.316. The lowest BCUT2D eigenvalue weighted by atomic mass is 10.2. The number of benzene rings is 1. The molecule has 0 bridgehead atoms. The molecule has 0 radical (unpaired) electrons. The van der Waals surface area contributed by atoms with E-state index >= 15 is 0 Å². The first-order valence-electron chi connectivity index (χ1n) is 8.52. The molecule has 0 aliphatic rings. The molecule has 0 amide bonds. The SMILES string of the molecule is CCCn1c(=O)c2[nH]c(-c3cccc(N=C=S)c3)nc2n(CCC)c1=O. The number of aromatic nitrogens is 4. The third kappa shape index (κ3) is 3.16. The van der Waals surface area contributed by atoms with Crippen molar-refractivity contribution in [1.29, 1.82) is 0 Å². The number of thiocarbonyl (C=S) groups is 1. The molecule has 3 aromatic rings. The number of rotatable bonds is 6. The van der Waals surface area contributed by atoms with E-state index in [1.165, 1.54) is 4.57 Å². The van der Waals surface area contributed by atoms with Crippen LogP contribution in [0.5, 0.6) is 0 Å². The van der Waals surface area contributed by atoms with Gasteiger partial charge in [0.15, 0.2) is 5.65 Å². The van der Waals surface area contributed by atoms with Crippen molar-refractivity contribution in [3.63, 3.8) is 0 Å². The lowest BCUT2D eigenvalue weighted by Gasteiger charge is -2.09. The van der Waals surface area contributed by atoms with E-state index in [1.807, 2.05) is 26.0 Å². The highest BCUT2D eigenvalue weighted by Gasteiger charge is 2.17. The van der Waals surface area contributed by atoms with Gasteiger partial charge in [-0.25, -0.2) is 9.78 Å². The van der Waals surface area contributed by atoms with Crippen molar-refractivity contribution in [2.24, 2.45) is 4.99 Å². The zero-order valence-corrected chi connectivity index (χ0v) is 15.5.